The standard InChI is InChI=1S/C9H11NO5/c11-7-2-1-5(4-8(7)12)3-6(10-15)9(13)14/h1-2,4,6,10-12,15H,3H2,(H,13,14)/t6-/m0/s1. The molecule has 0 aromatic heterocycles. The molecule has 0 radical (unpaired) electrons. The Labute approximate surface area is 85.4 Å². The second kappa shape index (κ2) is 4.63. The highest BCUT2D eigenvalue weighted by molar-refractivity contribution is 5.73. The minimum Gasteiger partial charge on any atom is -0.504 e. The number of aliphatic carboxylic acids is 1. The summed E-state index contributed by atoms with van der Waals surface area (Å²) in [5.41, 5.74) is 2.13. The van der Waals surface area contributed by atoms with Crippen LogP contribution in [0.4, 0.5) is 0 Å². The third-order valence-electron chi connectivity index (χ3n) is 1.93. The maximum absolute atomic E-state index is 10.6. The van der Waals surface area contributed by atoms with Crippen molar-refractivity contribution in [2.45, 2.75) is 12.5 Å². The molecule has 1 aromatic carbocycles. The second-order valence-corrected chi connectivity index (χ2v) is 3.05. The van der Waals surface area contributed by atoms with E-state index < -0.39 is 12.0 Å². The molecule has 1 rings (SSSR count). The Kier molecular flexibility index (Phi) is 3.48. The van der Waals surface area contributed by atoms with Gasteiger partial charge in [0.1, 0.15) is 6.04 Å². The molecule has 6 nitrogen and oxygen atoms in total. The number of hydrogen-bond donors (Lipinski definition) is 5. The van der Waals surface area contributed by atoms with Crippen molar-refractivity contribution >= 4 is 5.97 Å². The first-order valence-corrected chi connectivity index (χ1v) is 4.18. The van der Waals surface area contributed by atoms with Crippen molar-refractivity contribution in [3.8, 4) is 11.5 Å². The number of benzene rings is 1. The SMILES string of the molecule is O=C(O)[C@H](Cc1ccc(O)c(O)c1)NO. The molecule has 15 heavy (non-hydrogen) atoms. The first-order chi connectivity index (χ1) is 7.04. The largest absolute Gasteiger partial charge is 0.504 e. The van der Waals surface area contributed by atoms with Crippen LogP contribution in [0.3, 0.4) is 0 Å². The number of nitrogens with one attached hydrogen (secondary N) is 1. The fourth-order valence-electron chi connectivity index (χ4n) is 1.12. The van der Waals surface area contributed by atoms with E-state index in [0.717, 1.165) is 0 Å². The monoisotopic (exact) mass is 213 g/mol. The van der Waals surface area contributed by atoms with Gasteiger partial charge in [-0.05, 0) is 17.7 Å². The summed E-state index contributed by atoms with van der Waals surface area (Å²) in [6.07, 6.45) is -0.000324. The molecule has 0 aliphatic rings. The Hall–Kier alpha value is -1.79. The van der Waals surface area contributed by atoms with E-state index >= 15 is 0 Å². The Morgan fingerprint density at radius 3 is 2.47 bits per heavy atom. The summed E-state index contributed by atoms with van der Waals surface area (Å²) in [4.78, 5) is 10.6. The Balaban J connectivity index is 2.80. The molecule has 0 saturated carbocycles. The van der Waals surface area contributed by atoms with Gasteiger partial charge in [0.05, 0.1) is 0 Å². The topological polar surface area (TPSA) is 110 Å². The van der Waals surface area contributed by atoms with Gasteiger partial charge in [0.25, 0.3) is 0 Å². The lowest BCUT2D eigenvalue weighted by atomic mass is 10.1. The van der Waals surface area contributed by atoms with Gasteiger partial charge in [-0.25, -0.2) is 0 Å². The smallest absolute Gasteiger partial charge is 0.323 e. The normalized spacial score (nSPS) is 12.3. The fourth-order valence-corrected chi connectivity index (χ4v) is 1.12. The van der Waals surface area contributed by atoms with Crippen LogP contribution in [0.25, 0.3) is 0 Å². The molecule has 1 atom stereocenters. The van der Waals surface area contributed by atoms with Gasteiger partial charge in [-0.15, -0.1) is 0 Å². The molecule has 0 heterocycles. The maximum atomic E-state index is 10.6. The number of rotatable bonds is 4. The first-order valence-electron chi connectivity index (χ1n) is 4.18. The average molecular weight is 213 g/mol. The summed E-state index contributed by atoms with van der Waals surface area (Å²) in [5.74, 6) is -1.80. The van der Waals surface area contributed by atoms with Gasteiger partial charge < -0.3 is 20.5 Å². The molecule has 0 aliphatic heterocycles. The third-order valence-corrected chi connectivity index (χ3v) is 1.93. The lowest BCUT2D eigenvalue weighted by molar-refractivity contribution is -0.142. The molecular formula is C9H11NO5. The maximum Gasteiger partial charge on any atom is 0.323 e. The van der Waals surface area contributed by atoms with Crippen LogP contribution in [0.1, 0.15) is 5.56 Å². The van der Waals surface area contributed by atoms with Crippen molar-refractivity contribution in [1.82, 2.24) is 5.48 Å². The highest BCUT2D eigenvalue weighted by Crippen LogP contribution is 2.25. The zero-order valence-electron chi connectivity index (χ0n) is 7.71. The zero-order chi connectivity index (χ0) is 11.4. The summed E-state index contributed by atoms with van der Waals surface area (Å²) < 4.78 is 0. The van der Waals surface area contributed by atoms with E-state index in [2.05, 4.69) is 0 Å². The van der Waals surface area contributed by atoms with Gasteiger partial charge in [-0.2, -0.15) is 5.48 Å². The van der Waals surface area contributed by atoms with E-state index in [1.54, 1.807) is 5.48 Å². The van der Waals surface area contributed by atoms with E-state index in [9.17, 15) is 4.79 Å². The average Bonchev–Trinajstić information content (AvgIpc) is 2.19. The van der Waals surface area contributed by atoms with Crippen molar-refractivity contribution in [1.29, 1.82) is 0 Å². The molecule has 0 aliphatic carbocycles. The molecule has 0 amide bonds. The van der Waals surface area contributed by atoms with Crippen LogP contribution in [0.15, 0.2) is 18.2 Å². The number of carboxylic acid groups (broad SMARTS) is 1. The van der Waals surface area contributed by atoms with E-state index in [0.29, 0.717) is 5.56 Å². The van der Waals surface area contributed by atoms with Crippen molar-refractivity contribution in [3.05, 3.63) is 23.8 Å². The van der Waals surface area contributed by atoms with Gasteiger partial charge in [0.15, 0.2) is 11.5 Å². The van der Waals surface area contributed by atoms with Crippen molar-refractivity contribution < 1.29 is 25.3 Å². The minimum atomic E-state index is -1.20. The van der Waals surface area contributed by atoms with E-state index in [1.807, 2.05) is 0 Å². The highest BCUT2D eigenvalue weighted by atomic mass is 16.5. The van der Waals surface area contributed by atoms with Crippen LogP contribution >= 0.6 is 0 Å². The predicted octanol–water partition coefficient (Wildman–Crippen LogP) is 0.0723. The fraction of sp³-hybridized carbons (Fsp3) is 0.222. The summed E-state index contributed by atoms with van der Waals surface area (Å²) >= 11 is 0. The summed E-state index contributed by atoms with van der Waals surface area (Å²) in [6.45, 7) is 0. The van der Waals surface area contributed by atoms with Gasteiger partial charge in [-0.3, -0.25) is 4.79 Å². The van der Waals surface area contributed by atoms with Gasteiger partial charge >= 0.3 is 5.97 Å². The minimum absolute atomic E-state index is 0.000324. The van der Waals surface area contributed by atoms with Gasteiger partial charge in [0.2, 0.25) is 0 Å². The number of aromatic hydroxyl groups is 2. The molecule has 0 saturated heterocycles. The number of phenolic OH excluding ortho intramolecular Hbond substituents is 2. The quantitative estimate of drug-likeness (QED) is 0.357. The van der Waals surface area contributed by atoms with Crippen molar-refractivity contribution in [3.63, 3.8) is 0 Å². The van der Waals surface area contributed by atoms with Crippen LogP contribution in [-0.2, 0) is 11.2 Å². The molecule has 0 spiro atoms. The molecule has 0 fully saturated rings. The lowest BCUT2D eigenvalue weighted by Crippen LogP contribution is -2.36. The lowest BCUT2D eigenvalue weighted by Gasteiger charge is -2.10. The molecule has 5 N–H and O–H groups in total. The number of hydrogen-bond acceptors (Lipinski definition) is 5. The highest BCUT2D eigenvalue weighted by Gasteiger charge is 2.17. The van der Waals surface area contributed by atoms with Crippen molar-refractivity contribution in [2.75, 3.05) is 0 Å². The predicted molar refractivity (Wildman–Crippen MR) is 49.8 cm³/mol. The summed E-state index contributed by atoms with van der Waals surface area (Å²) in [6, 6.07) is 2.81. The number of phenols is 2. The Bertz CT molecular complexity index is 366. The van der Waals surface area contributed by atoms with Crippen LogP contribution in [0.2, 0.25) is 0 Å². The molecule has 0 bridgehead atoms. The van der Waals surface area contributed by atoms with E-state index in [-0.39, 0.29) is 17.9 Å². The Morgan fingerprint density at radius 1 is 1.33 bits per heavy atom. The number of hydroxylamine groups is 1. The van der Waals surface area contributed by atoms with E-state index in [4.69, 9.17) is 20.5 Å². The second-order valence-electron chi connectivity index (χ2n) is 3.05. The molecular weight excluding hydrogens is 202 g/mol. The van der Waals surface area contributed by atoms with E-state index in [1.165, 1.54) is 18.2 Å². The number of carbonyl (C=O) groups is 1. The summed E-state index contributed by atoms with van der Waals surface area (Å²) in [5, 5.41) is 35.3. The zero-order valence-corrected chi connectivity index (χ0v) is 7.71. The van der Waals surface area contributed by atoms with Crippen LogP contribution < -0.4 is 5.48 Å². The van der Waals surface area contributed by atoms with Crippen LogP contribution in [0.5, 0.6) is 11.5 Å². The Morgan fingerprint density at radius 2 is 2.00 bits per heavy atom. The molecule has 82 valence electrons. The van der Waals surface area contributed by atoms with Gasteiger partial charge in [0, 0.05) is 6.42 Å². The molecule has 1 aromatic rings. The molecule has 6 heteroatoms. The number of carboxylic acids is 1. The van der Waals surface area contributed by atoms with Crippen molar-refractivity contribution in [2.24, 2.45) is 0 Å². The van der Waals surface area contributed by atoms with Gasteiger partial charge in [-0.1, -0.05) is 6.07 Å². The summed E-state index contributed by atoms with van der Waals surface area (Å²) in [7, 11) is 0. The molecule has 0 unspecified atom stereocenters. The van der Waals surface area contributed by atoms with Crippen LogP contribution in [0, 0.1) is 0 Å². The van der Waals surface area contributed by atoms with Crippen LogP contribution in [-0.4, -0.2) is 32.5 Å². The first kappa shape index (κ1) is 11.3. The third kappa shape index (κ3) is 2.83.